The van der Waals surface area contributed by atoms with Gasteiger partial charge < -0.3 is 9.84 Å². The summed E-state index contributed by atoms with van der Waals surface area (Å²) in [6.45, 7) is 1.72. The average Bonchev–Trinajstić information content (AvgIpc) is 3.33. The zero-order chi connectivity index (χ0) is 18.8. The van der Waals surface area contributed by atoms with Gasteiger partial charge in [-0.15, -0.1) is 0 Å². The monoisotopic (exact) mass is 366 g/mol. The molecule has 1 saturated carbocycles. The molecule has 0 unspecified atom stereocenters. The Morgan fingerprint density at radius 1 is 1.33 bits per heavy atom. The fourth-order valence-electron chi connectivity index (χ4n) is 3.66. The van der Waals surface area contributed by atoms with E-state index < -0.39 is 5.97 Å². The molecule has 1 N–H and O–H groups in total. The minimum Gasteiger partial charge on any atom is -0.482 e. The number of rotatable bonds is 6. The van der Waals surface area contributed by atoms with E-state index in [1.54, 1.807) is 12.1 Å². The number of carboxylic acid groups (broad SMARTS) is 1. The van der Waals surface area contributed by atoms with E-state index in [1.165, 1.54) is 12.8 Å². The Labute approximate surface area is 157 Å². The van der Waals surface area contributed by atoms with Gasteiger partial charge in [0.1, 0.15) is 5.75 Å². The lowest BCUT2D eigenvalue weighted by atomic mass is 10.2. The van der Waals surface area contributed by atoms with E-state index in [0.29, 0.717) is 17.6 Å². The fraction of sp³-hybridized carbons (Fsp3) is 0.400. The van der Waals surface area contributed by atoms with Gasteiger partial charge in [0.15, 0.2) is 18.1 Å². The van der Waals surface area contributed by atoms with Crippen LogP contribution in [-0.4, -0.2) is 37.4 Å². The molecule has 0 spiro atoms. The van der Waals surface area contributed by atoms with Crippen LogP contribution in [0, 0.1) is 0 Å². The van der Waals surface area contributed by atoms with Crippen molar-refractivity contribution in [1.29, 1.82) is 0 Å². The number of hydrogen-bond donors (Lipinski definition) is 1. The van der Waals surface area contributed by atoms with Crippen molar-refractivity contribution < 1.29 is 14.6 Å². The second-order valence-corrected chi connectivity index (χ2v) is 6.82. The molecular formula is C20H22N4O3. The van der Waals surface area contributed by atoms with Crippen LogP contribution in [0.1, 0.15) is 44.3 Å². The van der Waals surface area contributed by atoms with Crippen LogP contribution in [0.4, 0.5) is 0 Å². The number of carboxylic acids is 1. The Hall–Kier alpha value is -2.96. The third kappa shape index (κ3) is 3.49. The Morgan fingerprint density at radius 3 is 2.89 bits per heavy atom. The molecule has 7 heteroatoms. The van der Waals surface area contributed by atoms with Gasteiger partial charge >= 0.3 is 5.97 Å². The maximum Gasteiger partial charge on any atom is 0.341 e. The molecule has 0 atom stereocenters. The van der Waals surface area contributed by atoms with Crippen molar-refractivity contribution in [2.45, 2.75) is 45.1 Å². The van der Waals surface area contributed by atoms with Crippen LogP contribution in [0.15, 0.2) is 30.5 Å². The van der Waals surface area contributed by atoms with Gasteiger partial charge in [-0.25, -0.2) is 19.4 Å². The Morgan fingerprint density at radius 2 is 2.15 bits per heavy atom. The molecule has 1 fully saturated rings. The van der Waals surface area contributed by atoms with Gasteiger partial charge in [-0.3, -0.25) is 0 Å². The molecule has 2 heterocycles. The van der Waals surface area contributed by atoms with Crippen molar-refractivity contribution in [2.75, 3.05) is 6.61 Å². The number of hydrogen-bond acceptors (Lipinski definition) is 5. The normalized spacial score (nSPS) is 14.7. The molecule has 1 aliphatic rings. The van der Waals surface area contributed by atoms with Crippen molar-refractivity contribution in [3.8, 4) is 17.1 Å². The molecule has 1 aliphatic carbocycles. The topological polar surface area (TPSA) is 90.1 Å². The lowest BCUT2D eigenvalue weighted by Gasteiger charge is -2.11. The van der Waals surface area contributed by atoms with E-state index in [2.05, 4.69) is 16.6 Å². The van der Waals surface area contributed by atoms with Gasteiger partial charge in [0.05, 0.1) is 17.1 Å². The summed E-state index contributed by atoms with van der Waals surface area (Å²) < 4.78 is 7.35. The van der Waals surface area contributed by atoms with Gasteiger partial charge in [0, 0.05) is 11.8 Å². The summed E-state index contributed by atoms with van der Waals surface area (Å²) in [5.41, 5.74) is 2.69. The summed E-state index contributed by atoms with van der Waals surface area (Å²) in [7, 11) is 0. The van der Waals surface area contributed by atoms with E-state index >= 15 is 0 Å². The van der Waals surface area contributed by atoms with Gasteiger partial charge in [0.25, 0.3) is 0 Å². The molecule has 7 nitrogen and oxygen atoms in total. The zero-order valence-electron chi connectivity index (χ0n) is 15.3. The molecule has 1 aromatic carbocycles. The summed E-state index contributed by atoms with van der Waals surface area (Å²) in [6.07, 6.45) is 7.43. The first-order valence-corrected chi connectivity index (χ1v) is 9.35. The molecule has 27 heavy (non-hydrogen) atoms. The maximum absolute atomic E-state index is 10.7. The average molecular weight is 366 g/mol. The fourth-order valence-corrected chi connectivity index (χ4v) is 3.66. The summed E-state index contributed by atoms with van der Waals surface area (Å²) in [4.78, 5) is 20.0. The second-order valence-electron chi connectivity index (χ2n) is 6.82. The minimum absolute atomic E-state index is 0.377. The minimum atomic E-state index is -1.01. The lowest BCUT2D eigenvalue weighted by Crippen LogP contribution is -2.09. The predicted molar refractivity (Wildman–Crippen MR) is 101 cm³/mol. The first kappa shape index (κ1) is 17.5. The highest BCUT2D eigenvalue weighted by atomic mass is 16.5. The number of carbonyl (C=O) groups is 1. The molecule has 0 bridgehead atoms. The number of fused-ring (bicyclic) bond motifs is 1. The van der Waals surface area contributed by atoms with E-state index in [-0.39, 0.29) is 6.61 Å². The number of benzene rings is 1. The summed E-state index contributed by atoms with van der Waals surface area (Å²) in [6, 6.07) is 7.60. The highest BCUT2D eigenvalue weighted by molar-refractivity contribution is 5.79. The van der Waals surface area contributed by atoms with Crippen LogP contribution in [0.3, 0.4) is 0 Å². The Balaban J connectivity index is 1.73. The smallest absolute Gasteiger partial charge is 0.341 e. The second kappa shape index (κ2) is 7.34. The number of ether oxygens (including phenoxy) is 1. The van der Waals surface area contributed by atoms with Crippen molar-refractivity contribution in [3.05, 3.63) is 36.2 Å². The predicted octanol–water partition coefficient (Wildman–Crippen LogP) is 3.63. The van der Waals surface area contributed by atoms with E-state index in [1.807, 2.05) is 18.3 Å². The van der Waals surface area contributed by atoms with E-state index in [9.17, 15) is 4.79 Å². The zero-order valence-corrected chi connectivity index (χ0v) is 15.3. The number of aromatic nitrogens is 4. The summed E-state index contributed by atoms with van der Waals surface area (Å²) in [5.74, 6) is 0.0628. The molecule has 2 aromatic heterocycles. The highest BCUT2D eigenvalue weighted by Gasteiger charge is 2.22. The maximum atomic E-state index is 10.7. The first-order valence-electron chi connectivity index (χ1n) is 9.35. The van der Waals surface area contributed by atoms with Crippen LogP contribution in [-0.2, 0) is 11.2 Å². The Kier molecular flexibility index (Phi) is 4.75. The molecule has 0 aliphatic heterocycles. The molecule has 0 radical (unpaired) electrons. The SMILES string of the molecule is CCc1nn(C2CCCC2)c2nc(-c3cccc(OCC(=O)O)c3)ncc12. The first-order chi connectivity index (χ1) is 13.2. The van der Waals surface area contributed by atoms with E-state index in [4.69, 9.17) is 19.9 Å². The third-order valence-corrected chi connectivity index (χ3v) is 4.98. The van der Waals surface area contributed by atoms with Crippen LogP contribution in [0.25, 0.3) is 22.4 Å². The molecule has 4 rings (SSSR count). The number of aryl methyl sites for hydroxylation is 1. The number of nitrogens with zero attached hydrogens (tertiary/aromatic N) is 4. The molecule has 0 saturated heterocycles. The highest BCUT2D eigenvalue weighted by Crippen LogP contribution is 2.33. The van der Waals surface area contributed by atoms with Crippen molar-refractivity contribution >= 4 is 17.0 Å². The summed E-state index contributed by atoms with van der Waals surface area (Å²) in [5, 5.41) is 14.6. The van der Waals surface area contributed by atoms with Crippen LogP contribution < -0.4 is 4.74 Å². The van der Waals surface area contributed by atoms with E-state index in [0.717, 1.165) is 41.6 Å². The van der Waals surface area contributed by atoms with Crippen molar-refractivity contribution in [3.63, 3.8) is 0 Å². The largest absolute Gasteiger partial charge is 0.482 e. The molecular weight excluding hydrogens is 344 g/mol. The molecule has 3 aromatic rings. The quantitative estimate of drug-likeness (QED) is 0.716. The van der Waals surface area contributed by atoms with Gasteiger partial charge in [-0.2, -0.15) is 5.10 Å². The lowest BCUT2D eigenvalue weighted by molar-refractivity contribution is -0.139. The molecule has 0 amide bonds. The van der Waals surface area contributed by atoms with Crippen LogP contribution in [0.2, 0.25) is 0 Å². The standard InChI is InChI=1S/C20H22N4O3/c1-2-17-16-11-21-19(13-6-5-9-15(10-13)27-12-18(25)26)22-20(16)24(23-17)14-7-3-4-8-14/h5-6,9-11,14H,2-4,7-8,12H2,1H3,(H,25,26). The van der Waals surface area contributed by atoms with Gasteiger partial charge in [-0.05, 0) is 31.4 Å². The van der Waals surface area contributed by atoms with Crippen LogP contribution in [0.5, 0.6) is 5.75 Å². The molecule has 140 valence electrons. The van der Waals surface area contributed by atoms with Crippen molar-refractivity contribution in [1.82, 2.24) is 19.7 Å². The van der Waals surface area contributed by atoms with Gasteiger partial charge in [-0.1, -0.05) is 31.9 Å². The number of aliphatic carboxylic acids is 1. The van der Waals surface area contributed by atoms with Gasteiger partial charge in [0.2, 0.25) is 0 Å². The Bertz CT molecular complexity index is 977. The van der Waals surface area contributed by atoms with Crippen molar-refractivity contribution in [2.24, 2.45) is 0 Å². The van der Waals surface area contributed by atoms with Crippen LogP contribution >= 0.6 is 0 Å². The summed E-state index contributed by atoms with van der Waals surface area (Å²) >= 11 is 0. The third-order valence-electron chi connectivity index (χ3n) is 4.98.